The molecule has 1 aromatic carbocycles. The molecule has 4 heteroatoms. The number of aromatic hydroxyl groups is 1. The molecule has 0 fully saturated rings. The monoisotopic (exact) mass is 180 g/mol. The summed E-state index contributed by atoms with van der Waals surface area (Å²) in [4.78, 5) is 10.6. The average molecular weight is 180 g/mol. The molecule has 0 saturated heterocycles. The lowest BCUT2D eigenvalue weighted by atomic mass is 10.1. The van der Waals surface area contributed by atoms with Crippen molar-refractivity contribution in [2.75, 3.05) is 6.61 Å². The standard InChI is InChI=1S/C9H8O4/c10-7-4-8-5(1-2-13-8)3-6(7)9(11)12/h3-4,10H,1-2H2,(H,11,12). The summed E-state index contributed by atoms with van der Waals surface area (Å²) < 4.78 is 5.16. The van der Waals surface area contributed by atoms with E-state index in [1.54, 1.807) is 0 Å². The van der Waals surface area contributed by atoms with E-state index in [-0.39, 0.29) is 11.3 Å². The van der Waals surface area contributed by atoms with E-state index in [9.17, 15) is 9.90 Å². The fourth-order valence-electron chi connectivity index (χ4n) is 1.39. The fraction of sp³-hybridized carbons (Fsp3) is 0.222. The Labute approximate surface area is 74.4 Å². The van der Waals surface area contributed by atoms with E-state index in [4.69, 9.17) is 9.84 Å². The Morgan fingerprint density at radius 3 is 2.92 bits per heavy atom. The highest BCUT2D eigenvalue weighted by molar-refractivity contribution is 5.91. The second-order valence-electron chi connectivity index (χ2n) is 2.88. The van der Waals surface area contributed by atoms with Crippen molar-refractivity contribution in [3.8, 4) is 11.5 Å². The second kappa shape index (κ2) is 2.65. The van der Waals surface area contributed by atoms with Crippen LogP contribution in [0.5, 0.6) is 11.5 Å². The molecule has 0 bridgehead atoms. The number of hydrogen-bond donors (Lipinski definition) is 2. The third-order valence-electron chi connectivity index (χ3n) is 2.04. The van der Waals surface area contributed by atoms with Crippen LogP contribution in [0.4, 0.5) is 0 Å². The molecule has 0 aromatic heterocycles. The zero-order valence-electron chi connectivity index (χ0n) is 6.78. The summed E-state index contributed by atoms with van der Waals surface area (Å²) in [5.41, 5.74) is 0.777. The quantitative estimate of drug-likeness (QED) is 0.677. The first-order chi connectivity index (χ1) is 6.18. The van der Waals surface area contributed by atoms with Crippen molar-refractivity contribution in [2.45, 2.75) is 6.42 Å². The van der Waals surface area contributed by atoms with Crippen LogP contribution >= 0.6 is 0 Å². The molecule has 2 N–H and O–H groups in total. The van der Waals surface area contributed by atoms with E-state index >= 15 is 0 Å². The minimum Gasteiger partial charge on any atom is -0.507 e. The Balaban J connectivity index is 2.55. The van der Waals surface area contributed by atoms with Crippen LogP contribution in [0.1, 0.15) is 15.9 Å². The summed E-state index contributed by atoms with van der Waals surface area (Å²) in [6.45, 7) is 0.553. The van der Waals surface area contributed by atoms with Crippen LogP contribution in [0, 0.1) is 0 Å². The van der Waals surface area contributed by atoms with Gasteiger partial charge in [0.15, 0.2) is 0 Å². The fourth-order valence-corrected chi connectivity index (χ4v) is 1.39. The van der Waals surface area contributed by atoms with Crippen LogP contribution in [0.25, 0.3) is 0 Å². The molecule has 0 unspecified atom stereocenters. The molecule has 0 atom stereocenters. The van der Waals surface area contributed by atoms with E-state index < -0.39 is 5.97 Å². The molecule has 0 saturated carbocycles. The minimum absolute atomic E-state index is 0.0655. The highest BCUT2D eigenvalue weighted by atomic mass is 16.5. The van der Waals surface area contributed by atoms with Crippen molar-refractivity contribution in [2.24, 2.45) is 0 Å². The molecule has 1 heterocycles. The molecule has 1 aromatic rings. The van der Waals surface area contributed by atoms with Crippen molar-refractivity contribution in [3.05, 3.63) is 23.3 Å². The molecule has 1 aliphatic rings. The van der Waals surface area contributed by atoms with Crippen molar-refractivity contribution < 1.29 is 19.7 Å². The Morgan fingerprint density at radius 1 is 1.46 bits per heavy atom. The lowest BCUT2D eigenvalue weighted by molar-refractivity contribution is 0.0693. The van der Waals surface area contributed by atoms with Gasteiger partial charge in [-0.05, 0) is 11.6 Å². The van der Waals surface area contributed by atoms with Crippen LogP contribution in [0.15, 0.2) is 12.1 Å². The molecule has 4 nitrogen and oxygen atoms in total. The zero-order chi connectivity index (χ0) is 9.42. The van der Waals surface area contributed by atoms with Gasteiger partial charge < -0.3 is 14.9 Å². The predicted molar refractivity (Wildman–Crippen MR) is 44.3 cm³/mol. The lowest BCUT2D eigenvalue weighted by Crippen LogP contribution is -1.97. The van der Waals surface area contributed by atoms with Crippen molar-refractivity contribution in [3.63, 3.8) is 0 Å². The van der Waals surface area contributed by atoms with Gasteiger partial charge in [-0.15, -0.1) is 0 Å². The Bertz CT molecular complexity index is 370. The van der Waals surface area contributed by atoms with Gasteiger partial charge in [0.25, 0.3) is 0 Å². The molecule has 0 radical (unpaired) electrons. The molecule has 68 valence electrons. The van der Waals surface area contributed by atoms with Gasteiger partial charge in [0.1, 0.15) is 17.1 Å². The molecule has 1 aliphatic heterocycles. The van der Waals surface area contributed by atoms with Crippen molar-refractivity contribution in [1.29, 1.82) is 0 Å². The summed E-state index contributed by atoms with van der Waals surface area (Å²) in [6.07, 6.45) is 0.704. The van der Waals surface area contributed by atoms with Crippen LogP contribution in [0.3, 0.4) is 0 Å². The summed E-state index contributed by atoms with van der Waals surface area (Å²) >= 11 is 0. The number of rotatable bonds is 1. The highest BCUT2D eigenvalue weighted by Crippen LogP contribution is 2.32. The number of phenols is 1. The molecule has 13 heavy (non-hydrogen) atoms. The Morgan fingerprint density at radius 2 is 2.23 bits per heavy atom. The minimum atomic E-state index is -1.12. The maximum atomic E-state index is 10.6. The molecular formula is C9H8O4. The summed E-state index contributed by atoms with van der Waals surface area (Å²) in [5, 5.41) is 18.0. The summed E-state index contributed by atoms with van der Waals surface area (Å²) in [5.74, 6) is -0.775. The van der Waals surface area contributed by atoms with Crippen LogP contribution in [-0.4, -0.2) is 22.8 Å². The van der Waals surface area contributed by atoms with Gasteiger partial charge in [-0.3, -0.25) is 0 Å². The molecule has 0 spiro atoms. The van der Waals surface area contributed by atoms with E-state index in [2.05, 4.69) is 0 Å². The third-order valence-corrected chi connectivity index (χ3v) is 2.04. The average Bonchev–Trinajstić information content (AvgIpc) is 2.48. The van der Waals surface area contributed by atoms with Gasteiger partial charge in [-0.1, -0.05) is 0 Å². The number of aromatic carboxylic acids is 1. The van der Waals surface area contributed by atoms with Crippen molar-refractivity contribution >= 4 is 5.97 Å². The van der Waals surface area contributed by atoms with Gasteiger partial charge in [0, 0.05) is 12.5 Å². The highest BCUT2D eigenvalue weighted by Gasteiger charge is 2.18. The first-order valence-corrected chi connectivity index (χ1v) is 3.90. The van der Waals surface area contributed by atoms with E-state index in [0.29, 0.717) is 18.8 Å². The largest absolute Gasteiger partial charge is 0.507 e. The maximum Gasteiger partial charge on any atom is 0.339 e. The van der Waals surface area contributed by atoms with Gasteiger partial charge in [-0.2, -0.15) is 0 Å². The second-order valence-corrected chi connectivity index (χ2v) is 2.88. The molecule has 0 aliphatic carbocycles. The van der Waals surface area contributed by atoms with Crippen molar-refractivity contribution in [1.82, 2.24) is 0 Å². The smallest absolute Gasteiger partial charge is 0.339 e. The topological polar surface area (TPSA) is 66.8 Å². The number of benzene rings is 1. The normalized spacial score (nSPS) is 13.5. The number of hydrogen-bond acceptors (Lipinski definition) is 3. The maximum absolute atomic E-state index is 10.6. The van der Waals surface area contributed by atoms with Gasteiger partial charge >= 0.3 is 5.97 Å². The number of carbonyl (C=O) groups is 1. The Kier molecular flexibility index (Phi) is 1.62. The Hall–Kier alpha value is -1.71. The van der Waals surface area contributed by atoms with Gasteiger partial charge in [-0.25, -0.2) is 4.79 Å². The molecule has 0 amide bonds. The number of carboxylic acids is 1. The van der Waals surface area contributed by atoms with Gasteiger partial charge in [0.2, 0.25) is 0 Å². The van der Waals surface area contributed by atoms with Crippen LogP contribution < -0.4 is 4.74 Å². The van der Waals surface area contributed by atoms with E-state index in [1.807, 2.05) is 0 Å². The van der Waals surface area contributed by atoms with E-state index in [0.717, 1.165) is 5.56 Å². The number of ether oxygens (including phenoxy) is 1. The molecule has 2 rings (SSSR count). The van der Waals surface area contributed by atoms with E-state index in [1.165, 1.54) is 12.1 Å². The number of carboxylic acid groups (broad SMARTS) is 1. The first kappa shape index (κ1) is 7.91. The van der Waals surface area contributed by atoms with Crippen LogP contribution in [-0.2, 0) is 6.42 Å². The first-order valence-electron chi connectivity index (χ1n) is 3.90. The lowest BCUT2D eigenvalue weighted by Gasteiger charge is -2.02. The third kappa shape index (κ3) is 1.20. The SMILES string of the molecule is O=C(O)c1cc2c(cc1O)OCC2. The van der Waals surface area contributed by atoms with Crippen LogP contribution in [0.2, 0.25) is 0 Å². The number of fused-ring (bicyclic) bond motifs is 1. The molecular weight excluding hydrogens is 172 g/mol. The summed E-state index contributed by atoms with van der Waals surface area (Å²) in [6, 6.07) is 2.81. The summed E-state index contributed by atoms with van der Waals surface area (Å²) in [7, 11) is 0. The van der Waals surface area contributed by atoms with Gasteiger partial charge in [0.05, 0.1) is 6.61 Å². The predicted octanol–water partition coefficient (Wildman–Crippen LogP) is 1.03. The zero-order valence-corrected chi connectivity index (χ0v) is 6.78.